The Balaban J connectivity index is 2.42. The van der Waals surface area contributed by atoms with Crippen molar-refractivity contribution in [1.29, 1.82) is 0 Å². The minimum atomic E-state index is -3.72. The lowest BCUT2D eigenvalue weighted by Gasteiger charge is -2.14. The molecular formula is C13H15NO5S. The first-order valence-electron chi connectivity index (χ1n) is 6.13. The van der Waals surface area contributed by atoms with Gasteiger partial charge in [0, 0.05) is 17.5 Å². The van der Waals surface area contributed by atoms with E-state index < -0.39 is 21.7 Å². The minimum absolute atomic E-state index is 0.0609. The summed E-state index contributed by atoms with van der Waals surface area (Å²) in [5, 5.41) is 9.58. The summed E-state index contributed by atoms with van der Waals surface area (Å²) in [4.78, 5) is 11.1. The zero-order valence-corrected chi connectivity index (χ0v) is 11.7. The molecule has 6 nitrogen and oxygen atoms in total. The summed E-state index contributed by atoms with van der Waals surface area (Å²) < 4.78 is 31.7. The fraction of sp³-hybridized carbons (Fsp3) is 0.308. The first-order chi connectivity index (χ1) is 9.46. The van der Waals surface area contributed by atoms with Crippen LogP contribution in [-0.2, 0) is 10.0 Å². The minimum Gasteiger partial charge on any atom is -0.423 e. The molecule has 0 radical (unpaired) electrons. The maximum absolute atomic E-state index is 12.2. The first kappa shape index (κ1) is 14.7. The summed E-state index contributed by atoms with van der Waals surface area (Å²) in [7, 11) is -3.72. The summed E-state index contributed by atoms with van der Waals surface area (Å²) in [6, 6.07) is 6.43. The smallest absolute Gasteiger partial charge is 0.336 e. The van der Waals surface area contributed by atoms with Gasteiger partial charge in [0.1, 0.15) is 5.58 Å². The first-order valence-corrected chi connectivity index (χ1v) is 7.61. The summed E-state index contributed by atoms with van der Waals surface area (Å²) in [6.07, 6.45) is 0.484. The van der Waals surface area contributed by atoms with Crippen LogP contribution < -0.4 is 10.3 Å². The SMILES string of the molecule is CC[C@@H](CO)NS(=O)(=O)c1ccc2oc(=O)ccc2c1. The van der Waals surface area contributed by atoms with Gasteiger partial charge in [0.15, 0.2) is 0 Å². The van der Waals surface area contributed by atoms with Crippen LogP contribution in [-0.4, -0.2) is 26.2 Å². The van der Waals surface area contributed by atoms with Gasteiger partial charge >= 0.3 is 5.63 Å². The van der Waals surface area contributed by atoms with E-state index in [2.05, 4.69) is 4.72 Å². The molecule has 0 saturated carbocycles. The van der Waals surface area contributed by atoms with E-state index >= 15 is 0 Å². The predicted molar refractivity (Wildman–Crippen MR) is 74.0 cm³/mol. The highest BCUT2D eigenvalue weighted by molar-refractivity contribution is 7.89. The summed E-state index contributed by atoms with van der Waals surface area (Å²) >= 11 is 0. The van der Waals surface area contributed by atoms with Crippen LogP contribution in [0.4, 0.5) is 0 Å². The lowest BCUT2D eigenvalue weighted by molar-refractivity contribution is 0.254. The molecule has 1 aromatic heterocycles. The zero-order chi connectivity index (χ0) is 14.8. The predicted octanol–water partition coefficient (Wildman–Crippen LogP) is 0.842. The molecule has 0 amide bonds. The quantitative estimate of drug-likeness (QED) is 0.797. The van der Waals surface area contributed by atoms with Gasteiger partial charge in [-0.2, -0.15) is 0 Å². The molecule has 2 rings (SSSR count). The van der Waals surface area contributed by atoms with Crippen LogP contribution >= 0.6 is 0 Å². The lowest BCUT2D eigenvalue weighted by atomic mass is 10.2. The van der Waals surface area contributed by atoms with Gasteiger partial charge in [0.05, 0.1) is 11.5 Å². The van der Waals surface area contributed by atoms with Gasteiger partial charge in [0.25, 0.3) is 0 Å². The Bertz CT molecular complexity index is 762. The van der Waals surface area contributed by atoms with Crippen molar-refractivity contribution in [2.24, 2.45) is 0 Å². The average Bonchev–Trinajstić information content (AvgIpc) is 2.44. The van der Waals surface area contributed by atoms with E-state index in [9.17, 15) is 13.2 Å². The van der Waals surface area contributed by atoms with Crippen molar-refractivity contribution >= 4 is 21.0 Å². The van der Waals surface area contributed by atoms with Crippen LogP contribution in [0, 0.1) is 0 Å². The van der Waals surface area contributed by atoms with Crippen molar-refractivity contribution in [3.63, 3.8) is 0 Å². The van der Waals surface area contributed by atoms with Crippen molar-refractivity contribution in [3.8, 4) is 0 Å². The molecular weight excluding hydrogens is 282 g/mol. The lowest BCUT2D eigenvalue weighted by Crippen LogP contribution is -2.36. The Kier molecular flexibility index (Phi) is 4.22. The maximum Gasteiger partial charge on any atom is 0.336 e. The largest absolute Gasteiger partial charge is 0.423 e. The number of hydrogen-bond donors (Lipinski definition) is 2. The van der Waals surface area contributed by atoms with Gasteiger partial charge in [0.2, 0.25) is 10.0 Å². The van der Waals surface area contributed by atoms with Crippen molar-refractivity contribution in [2.75, 3.05) is 6.61 Å². The summed E-state index contributed by atoms with van der Waals surface area (Å²) in [5.41, 5.74) is -0.164. The van der Waals surface area contributed by atoms with Crippen molar-refractivity contribution in [1.82, 2.24) is 4.72 Å². The number of sulfonamides is 1. The number of fused-ring (bicyclic) bond motifs is 1. The van der Waals surface area contributed by atoms with Gasteiger partial charge < -0.3 is 9.52 Å². The molecule has 1 heterocycles. The van der Waals surface area contributed by atoms with Crippen LogP contribution in [0.15, 0.2) is 44.4 Å². The number of nitrogens with one attached hydrogen (secondary N) is 1. The summed E-state index contributed by atoms with van der Waals surface area (Å²) in [5.74, 6) is 0. The molecule has 0 saturated heterocycles. The fourth-order valence-corrected chi connectivity index (χ4v) is 3.10. The van der Waals surface area contributed by atoms with Crippen LogP contribution in [0.3, 0.4) is 0 Å². The second-order valence-electron chi connectivity index (χ2n) is 4.36. The maximum atomic E-state index is 12.2. The molecule has 0 fully saturated rings. The molecule has 0 aliphatic heterocycles. The second-order valence-corrected chi connectivity index (χ2v) is 6.08. The molecule has 0 unspecified atom stereocenters. The van der Waals surface area contributed by atoms with Crippen molar-refractivity contribution in [2.45, 2.75) is 24.3 Å². The number of aliphatic hydroxyl groups excluding tert-OH is 1. The van der Waals surface area contributed by atoms with Crippen molar-refractivity contribution < 1.29 is 17.9 Å². The standard InChI is InChI=1S/C13H15NO5S/c1-2-10(8-15)14-20(17,18)11-4-5-12-9(7-11)3-6-13(16)19-12/h3-7,10,14-15H,2,8H2,1H3/t10-/m0/s1. The zero-order valence-electron chi connectivity index (χ0n) is 10.9. The third-order valence-electron chi connectivity index (χ3n) is 2.94. The molecule has 7 heteroatoms. The molecule has 2 N–H and O–H groups in total. The van der Waals surface area contributed by atoms with Crippen LogP contribution in [0.25, 0.3) is 11.0 Å². The molecule has 108 valence electrons. The highest BCUT2D eigenvalue weighted by Gasteiger charge is 2.19. The molecule has 2 aromatic rings. The number of hydrogen-bond acceptors (Lipinski definition) is 5. The van der Waals surface area contributed by atoms with Gasteiger partial charge in [-0.25, -0.2) is 17.9 Å². The Labute approximate surface area is 116 Å². The topological polar surface area (TPSA) is 96.6 Å². The average molecular weight is 297 g/mol. The number of benzene rings is 1. The van der Waals surface area contributed by atoms with Gasteiger partial charge in [-0.3, -0.25) is 0 Å². The van der Waals surface area contributed by atoms with Crippen LogP contribution in [0.1, 0.15) is 13.3 Å². The van der Waals surface area contributed by atoms with Gasteiger partial charge in [-0.15, -0.1) is 0 Å². The summed E-state index contributed by atoms with van der Waals surface area (Å²) in [6.45, 7) is 1.51. The third kappa shape index (κ3) is 3.06. The van der Waals surface area contributed by atoms with E-state index in [1.54, 1.807) is 6.92 Å². The molecule has 20 heavy (non-hydrogen) atoms. The molecule has 0 aliphatic rings. The highest BCUT2D eigenvalue weighted by Crippen LogP contribution is 2.18. The third-order valence-corrected chi connectivity index (χ3v) is 4.45. The van der Waals surface area contributed by atoms with Crippen LogP contribution in [0.5, 0.6) is 0 Å². The number of rotatable bonds is 5. The van der Waals surface area contributed by atoms with E-state index in [0.717, 1.165) is 0 Å². The van der Waals surface area contributed by atoms with Gasteiger partial charge in [-0.1, -0.05) is 6.92 Å². The van der Waals surface area contributed by atoms with E-state index in [4.69, 9.17) is 9.52 Å². The Hall–Kier alpha value is -1.70. The molecule has 0 bridgehead atoms. The van der Waals surface area contributed by atoms with E-state index in [-0.39, 0.29) is 11.5 Å². The number of aliphatic hydroxyl groups is 1. The van der Waals surface area contributed by atoms with E-state index in [1.807, 2.05) is 0 Å². The van der Waals surface area contributed by atoms with Gasteiger partial charge in [-0.05, 0) is 30.7 Å². The van der Waals surface area contributed by atoms with Crippen molar-refractivity contribution in [3.05, 3.63) is 40.8 Å². The van der Waals surface area contributed by atoms with Crippen LogP contribution in [0.2, 0.25) is 0 Å². The molecule has 1 atom stereocenters. The molecule has 0 aliphatic carbocycles. The molecule has 0 spiro atoms. The Morgan fingerprint density at radius 2 is 2.05 bits per heavy atom. The highest BCUT2D eigenvalue weighted by atomic mass is 32.2. The van der Waals surface area contributed by atoms with E-state index in [1.165, 1.54) is 30.3 Å². The Morgan fingerprint density at radius 3 is 2.70 bits per heavy atom. The normalized spacial score (nSPS) is 13.5. The molecule has 1 aromatic carbocycles. The second kappa shape index (κ2) is 5.74. The fourth-order valence-electron chi connectivity index (χ4n) is 1.75. The monoisotopic (exact) mass is 297 g/mol. The Morgan fingerprint density at radius 1 is 1.30 bits per heavy atom. The van der Waals surface area contributed by atoms with E-state index in [0.29, 0.717) is 17.4 Å².